The van der Waals surface area contributed by atoms with Gasteiger partial charge in [-0.2, -0.15) is 0 Å². The van der Waals surface area contributed by atoms with E-state index in [9.17, 15) is 19.2 Å². The van der Waals surface area contributed by atoms with E-state index >= 15 is 0 Å². The van der Waals surface area contributed by atoms with Gasteiger partial charge in [-0.3, -0.25) is 19.2 Å². The smallest absolute Gasteiger partial charge is 0.248 e. The molecule has 0 spiro atoms. The van der Waals surface area contributed by atoms with Crippen LogP contribution in [0, 0.1) is 27.7 Å². The second-order valence-corrected chi connectivity index (χ2v) is 6.79. The Balaban J connectivity index is 0. The van der Waals surface area contributed by atoms with Crippen molar-refractivity contribution < 1.29 is 39.0 Å². The van der Waals surface area contributed by atoms with Gasteiger partial charge in [0.15, 0.2) is 0 Å². The summed E-state index contributed by atoms with van der Waals surface area (Å²) < 4.78 is 0. The molecule has 0 aliphatic rings. The first-order valence-corrected chi connectivity index (χ1v) is 9.79. The summed E-state index contributed by atoms with van der Waals surface area (Å²) in [6.45, 7) is 7.39. The molecule has 0 aromatic carbocycles. The molecule has 0 unspecified atom stereocenters. The molecule has 0 amide bonds. The first-order valence-electron chi connectivity index (χ1n) is 9.79. The topological polar surface area (TPSA) is 131 Å². The van der Waals surface area contributed by atoms with E-state index in [2.05, 4.69) is 19.9 Å². The summed E-state index contributed by atoms with van der Waals surface area (Å²) in [5.41, 5.74) is 3.45. The number of hydrogen-bond donors (Lipinski definition) is 4. The summed E-state index contributed by atoms with van der Waals surface area (Å²) in [7, 11) is 0. The molecule has 4 aromatic heterocycles. The number of rotatable bonds is 0. The van der Waals surface area contributed by atoms with Crippen LogP contribution in [0.5, 0.6) is 0 Å². The molecular formula is C24H28N4O4Rh2. The number of H-pyrrole nitrogens is 4. The molecule has 8 nitrogen and oxygen atoms in total. The van der Waals surface area contributed by atoms with Crippen LogP contribution in [0.4, 0.5) is 0 Å². The minimum atomic E-state index is -0.0370. The van der Waals surface area contributed by atoms with Gasteiger partial charge < -0.3 is 19.9 Å². The molecule has 4 heterocycles. The minimum Gasteiger partial charge on any atom is -0.327 e. The molecule has 0 saturated heterocycles. The summed E-state index contributed by atoms with van der Waals surface area (Å²) >= 11 is 0. The van der Waals surface area contributed by atoms with Gasteiger partial charge in [0.2, 0.25) is 22.2 Å². The first-order chi connectivity index (χ1) is 15.2. The van der Waals surface area contributed by atoms with Crippen molar-refractivity contribution in [3.05, 3.63) is 137 Å². The normalized spacial score (nSPS) is 8.59. The molecule has 0 atom stereocenters. The van der Waals surface area contributed by atoms with Crippen molar-refractivity contribution in [3.63, 3.8) is 0 Å². The van der Waals surface area contributed by atoms with E-state index in [1.54, 1.807) is 24.3 Å². The number of aromatic amines is 4. The van der Waals surface area contributed by atoms with Gasteiger partial charge in [0, 0.05) is 86.0 Å². The standard InChI is InChI=1S/4C6H7NO.2Rh/c4*1-5-3-2-4-6(8)7-5;;/h4*2-4H,1H3,(H,7,8);;. The Hall–Kier alpha value is -2.95. The van der Waals surface area contributed by atoms with Crippen molar-refractivity contribution >= 4 is 0 Å². The van der Waals surface area contributed by atoms with Crippen molar-refractivity contribution in [1.82, 2.24) is 19.9 Å². The maximum atomic E-state index is 10.4. The fourth-order valence-corrected chi connectivity index (χ4v) is 2.23. The first kappa shape index (κ1) is 33.2. The van der Waals surface area contributed by atoms with E-state index in [1.165, 1.54) is 24.3 Å². The second-order valence-electron chi connectivity index (χ2n) is 6.79. The minimum absolute atomic E-state index is 0. The molecule has 4 rings (SSSR count). The van der Waals surface area contributed by atoms with Gasteiger partial charge in [0.1, 0.15) is 0 Å². The van der Waals surface area contributed by atoms with Gasteiger partial charge in [0.05, 0.1) is 0 Å². The second kappa shape index (κ2) is 18.5. The van der Waals surface area contributed by atoms with Crippen LogP contribution in [0.3, 0.4) is 0 Å². The molecule has 0 bridgehead atoms. The van der Waals surface area contributed by atoms with E-state index in [0.29, 0.717) is 0 Å². The molecule has 186 valence electrons. The fraction of sp³-hybridized carbons (Fsp3) is 0.167. The van der Waals surface area contributed by atoms with Crippen LogP contribution >= 0.6 is 0 Å². The van der Waals surface area contributed by atoms with Crippen molar-refractivity contribution in [2.75, 3.05) is 0 Å². The summed E-state index contributed by atoms with van der Waals surface area (Å²) in [6.07, 6.45) is 0. The predicted molar refractivity (Wildman–Crippen MR) is 127 cm³/mol. The van der Waals surface area contributed by atoms with Gasteiger partial charge in [-0.1, -0.05) is 24.3 Å². The third-order valence-corrected chi connectivity index (χ3v) is 3.66. The van der Waals surface area contributed by atoms with E-state index in [-0.39, 0.29) is 61.2 Å². The SMILES string of the molecule is Cc1cccc(=O)[nH]1.Cc1cccc(=O)[nH]1.Cc1cccc(=O)[nH]1.Cc1cccc(=O)[nH]1.[Rh].[Rh]. The molecule has 4 N–H and O–H groups in total. The van der Waals surface area contributed by atoms with Crippen LogP contribution < -0.4 is 22.2 Å². The van der Waals surface area contributed by atoms with Gasteiger partial charge in [-0.15, -0.1) is 0 Å². The maximum absolute atomic E-state index is 10.4. The number of pyridine rings is 4. The van der Waals surface area contributed by atoms with Crippen LogP contribution in [0.2, 0.25) is 0 Å². The van der Waals surface area contributed by atoms with E-state index in [0.717, 1.165) is 22.8 Å². The van der Waals surface area contributed by atoms with E-state index in [1.807, 2.05) is 52.0 Å². The zero-order valence-corrected chi connectivity index (χ0v) is 22.5. The summed E-state index contributed by atoms with van der Waals surface area (Å²) in [4.78, 5) is 52.2. The molecule has 0 fully saturated rings. The van der Waals surface area contributed by atoms with Crippen LogP contribution in [-0.2, 0) is 39.0 Å². The Morgan fingerprint density at radius 3 is 0.647 bits per heavy atom. The monoisotopic (exact) mass is 642 g/mol. The Kier molecular flexibility index (Phi) is 18.0. The molecule has 34 heavy (non-hydrogen) atoms. The fourth-order valence-electron chi connectivity index (χ4n) is 2.23. The average molecular weight is 642 g/mol. The third kappa shape index (κ3) is 16.6. The van der Waals surface area contributed by atoms with Crippen LogP contribution in [0.15, 0.2) is 92.0 Å². The van der Waals surface area contributed by atoms with Crippen molar-refractivity contribution in [3.8, 4) is 0 Å². The van der Waals surface area contributed by atoms with Gasteiger partial charge >= 0.3 is 0 Å². The van der Waals surface area contributed by atoms with E-state index in [4.69, 9.17) is 0 Å². The number of aryl methyl sites for hydroxylation is 4. The van der Waals surface area contributed by atoms with Gasteiger partial charge in [-0.05, 0) is 52.0 Å². The number of hydrogen-bond acceptors (Lipinski definition) is 4. The molecule has 0 aliphatic heterocycles. The number of nitrogens with one attached hydrogen (secondary N) is 4. The van der Waals surface area contributed by atoms with E-state index < -0.39 is 0 Å². The van der Waals surface area contributed by atoms with Crippen molar-refractivity contribution in [2.45, 2.75) is 27.7 Å². The molecule has 0 aliphatic carbocycles. The van der Waals surface area contributed by atoms with Crippen LogP contribution in [-0.4, -0.2) is 19.9 Å². The Labute approximate surface area is 222 Å². The van der Waals surface area contributed by atoms with Crippen molar-refractivity contribution in [2.24, 2.45) is 0 Å². The molecule has 10 heteroatoms. The van der Waals surface area contributed by atoms with Crippen LogP contribution in [0.1, 0.15) is 22.8 Å². The molecule has 2 radical (unpaired) electrons. The zero-order valence-electron chi connectivity index (χ0n) is 19.2. The average Bonchev–Trinajstić information content (AvgIpc) is 2.69. The largest absolute Gasteiger partial charge is 0.327 e. The Morgan fingerprint density at radius 2 is 0.559 bits per heavy atom. The predicted octanol–water partition coefficient (Wildman–Crippen LogP) is 2.73. The quantitative estimate of drug-likeness (QED) is 0.220. The molecule has 4 aromatic rings. The molecular weight excluding hydrogens is 614 g/mol. The van der Waals surface area contributed by atoms with Gasteiger partial charge in [-0.25, -0.2) is 0 Å². The Bertz CT molecular complexity index is 1120. The number of aromatic nitrogens is 4. The van der Waals surface area contributed by atoms with Crippen LogP contribution in [0.25, 0.3) is 0 Å². The maximum Gasteiger partial charge on any atom is 0.248 e. The summed E-state index contributed by atoms with van der Waals surface area (Å²) in [5, 5.41) is 0. The zero-order chi connectivity index (χ0) is 23.9. The summed E-state index contributed by atoms with van der Waals surface area (Å²) in [6, 6.07) is 20.3. The summed E-state index contributed by atoms with van der Waals surface area (Å²) in [5.74, 6) is 0. The van der Waals surface area contributed by atoms with Gasteiger partial charge in [0.25, 0.3) is 0 Å². The van der Waals surface area contributed by atoms with Crippen molar-refractivity contribution in [1.29, 1.82) is 0 Å². The third-order valence-electron chi connectivity index (χ3n) is 3.66. The molecule has 0 saturated carbocycles. The Morgan fingerprint density at radius 1 is 0.382 bits per heavy atom.